The van der Waals surface area contributed by atoms with E-state index >= 15 is 0 Å². The number of benzene rings is 2. The average Bonchev–Trinajstić information content (AvgIpc) is 2.76. The Hall–Kier alpha value is -1.61. The first-order valence-corrected chi connectivity index (χ1v) is 7.88. The number of fused-ring (bicyclic) bond motifs is 1. The Morgan fingerprint density at radius 2 is 1.95 bits per heavy atom. The molecule has 1 aliphatic rings. The maximum Gasteiger partial charge on any atom is 0.127 e. The molecule has 0 saturated carbocycles. The van der Waals surface area contributed by atoms with E-state index in [1.165, 1.54) is 18.9 Å². The quantitative estimate of drug-likeness (QED) is 0.855. The van der Waals surface area contributed by atoms with Crippen LogP contribution in [0.5, 0.6) is 5.75 Å². The van der Waals surface area contributed by atoms with Gasteiger partial charge in [-0.05, 0) is 54.3 Å². The molecule has 0 amide bonds. The number of nitrogens with one attached hydrogen (secondary N) is 1. The van der Waals surface area contributed by atoms with E-state index in [2.05, 4.69) is 5.32 Å². The van der Waals surface area contributed by atoms with Crippen LogP contribution in [-0.4, -0.2) is 11.7 Å². The van der Waals surface area contributed by atoms with E-state index in [4.69, 9.17) is 0 Å². The number of rotatable bonds is 2. The predicted octanol–water partition coefficient (Wildman–Crippen LogP) is 4.45. The third kappa shape index (κ3) is 2.62. The lowest BCUT2D eigenvalue weighted by Crippen LogP contribution is -2.20. The van der Waals surface area contributed by atoms with Crippen LogP contribution in [0.1, 0.15) is 49.8 Å². The van der Waals surface area contributed by atoms with Crippen molar-refractivity contribution in [1.82, 2.24) is 5.32 Å². The molecule has 1 heterocycles. The zero-order chi connectivity index (χ0) is 14.8. The SMILES string of the molecule is CCc1c(F)ccc2c(C3CCCCCN3)c(O)ccc12. The highest BCUT2D eigenvalue weighted by molar-refractivity contribution is 5.91. The van der Waals surface area contributed by atoms with Gasteiger partial charge in [-0.1, -0.05) is 31.9 Å². The molecule has 3 rings (SSSR count). The van der Waals surface area contributed by atoms with Gasteiger partial charge in [-0.3, -0.25) is 0 Å². The summed E-state index contributed by atoms with van der Waals surface area (Å²) in [6, 6.07) is 7.05. The van der Waals surface area contributed by atoms with Crippen LogP contribution in [-0.2, 0) is 6.42 Å². The van der Waals surface area contributed by atoms with Crippen molar-refractivity contribution in [2.24, 2.45) is 0 Å². The summed E-state index contributed by atoms with van der Waals surface area (Å²) >= 11 is 0. The molecule has 112 valence electrons. The molecule has 2 aromatic carbocycles. The number of aromatic hydroxyl groups is 1. The van der Waals surface area contributed by atoms with E-state index < -0.39 is 0 Å². The maximum atomic E-state index is 14.0. The van der Waals surface area contributed by atoms with Gasteiger partial charge in [0.25, 0.3) is 0 Å². The first-order valence-electron chi connectivity index (χ1n) is 7.88. The van der Waals surface area contributed by atoms with Gasteiger partial charge in [0, 0.05) is 11.6 Å². The highest BCUT2D eigenvalue weighted by atomic mass is 19.1. The molecule has 0 radical (unpaired) electrons. The largest absolute Gasteiger partial charge is 0.508 e. The standard InChI is InChI=1S/C18H22FNO/c1-2-12-13-8-10-17(21)18(14(13)7-9-15(12)19)16-6-4-3-5-11-20-16/h7-10,16,20-21H,2-6,11H2,1H3. The van der Waals surface area contributed by atoms with Crippen LogP contribution in [0, 0.1) is 5.82 Å². The molecule has 1 fully saturated rings. The summed E-state index contributed by atoms with van der Waals surface area (Å²) in [5.74, 6) is 0.158. The number of hydrogen-bond acceptors (Lipinski definition) is 2. The molecule has 3 heteroatoms. The molecule has 1 aliphatic heterocycles. The number of halogens is 1. The lowest BCUT2D eigenvalue weighted by atomic mass is 9.92. The fourth-order valence-corrected chi connectivity index (χ4v) is 3.45. The maximum absolute atomic E-state index is 14.0. The molecule has 2 nitrogen and oxygen atoms in total. The van der Waals surface area contributed by atoms with Crippen molar-refractivity contribution in [2.45, 2.75) is 45.1 Å². The lowest BCUT2D eigenvalue weighted by Gasteiger charge is -2.21. The minimum atomic E-state index is -0.157. The Morgan fingerprint density at radius 1 is 1.14 bits per heavy atom. The first kappa shape index (κ1) is 14.3. The van der Waals surface area contributed by atoms with Crippen molar-refractivity contribution in [3.8, 4) is 5.75 Å². The smallest absolute Gasteiger partial charge is 0.127 e. The lowest BCUT2D eigenvalue weighted by molar-refractivity contribution is 0.446. The van der Waals surface area contributed by atoms with Gasteiger partial charge in [0.2, 0.25) is 0 Å². The van der Waals surface area contributed by atoms with E-state index in [1.54, 1.807) is 6.07 Å². The third-order valence-electron chi connectivity index (χ3n) is 4.54. The van der Waals surface area contributed by atoms with Gasteiger partial charge in [0.1, 0.15) is 11.6 Å². The molecule has 2 aromatic rings. The van der Waals surface area contributed by atoms with Crippen LogP contribution < -0.4 is 5.32 Å². The fraction of sp³-hybridized carbons (Fsp3) is 0.444. The zero-order valence-corrected chi connectivity index (χ0v) is 12.5. The van der Waals surface area contributed by atoms with Gasteiger partial charge in [0.15, 0.2) is 0 Å². The molecular weight excluding hydrogens is 265 g/mol. The third-order valence-corrected chi connectivity index (χ3v) is 4.54. The summed E-state index contributed by atoms with van der Waals surface area (Å²) in [4.78, 5) is 0. The van der Waals surface area contributed by atoms with Crippen molar-refractivity contribution >= 4 is 10.8 Å². The molecule has 1 saturated heterocycles. The Labute approximate surface area is 125 Å². The summed E-state index contributed by atoms with van der Waals surface area (Å²) < 4.78 is 14.0. The second kappa shape index (κ2) is 6.02. The number of hydrogen-bond donors (Lipinski definition) is 2. The van der Waals surface area contributed by atoms with Gasteiger partial charge in [-0.2, -0.15) is 0 Å². The van der Waals surface area contributed by atoms with Crippen LogP contribution in [0.2, 0.25) is 0 Å². The van der Waals surface area contributed by atoms with Crippen molar-refractivity contribution in [1.29, 1.82) is 0 Å². The minimum absolute atomic E-state index is 0.157. The summed E-state index contributed by atoms with van der Waals surface area (Å²) in [7, 11) is 0. The van der Waals surface area contributed by atoms with Crippen molar-refractivity contribution in [3.05, 3.63) is 41.2 Å². The Morgan fingerprint density at radius 3 is 2.76 bits per heavy atom. The van der Waals surface area contributed by atoms with E-state index in [0.717, 1.165) is 41.3 Å². The summed E-state index contributed by atoms with van der Waals surface area (Å²) in [5.41, 5.74) is 1.67. The van der Waals surface area contributed by atoms with Crippen molar-refractivity contribution < 1.29 is 9.50 Å². The normalized spacial score (nSPS) is 19.6. The molecule has 0 bridgehead atoms. The Balaban J connectivity index is 2.18. The van der Waals surface area contributed by atoms with Crippen molar-refractivity contribution in [2.75, 3.05) is 6.54 Å². The van der Waals surface area contributed by atoms with E-state index in [0.29, 0.717) is 12.2 Å². The molecule has 0 aromatic heterocycles. The van der Waals surface area contributed by atoms with Gasteiger partial charge in [-0.15, -0.1) is 0 Å². The zero-order valence-electron chi connectivity index (χ0n) is 12.5. The van der Waals surface area contributed by atoms with Gasteiger partial charge < -0.3 is 10.4 Å². The molecule has 2 N–H and O–H groups in total. The summed E-state index contributed by atoms with van der Waals surface area (Å²) in [5, 5.41) is 15.8. The minimum Gasteiger partial charge on any atom is -0.508 e. The highest BCUT2D eigenvalue weighted by Gasteiger charge is 2.21. The second-order valence-electron chi connectivity index (χ2n) is 5.83. The number of phenolic OH excluding ortho intramolecular Hbond substituents is 1. The van der Waals surface area contributed by atoms with E-state index in [-0.39, 0.29) is 11.9 Å². The summed E-state index contributed by atoms with van der Waals surface area (Å²) in [6.45, 7) is 2.94. The van der Waals surface area contributed by atoms with Gasteiger partial charge in [-0.25, -0.2) is 4.39 Å². The Bertz CT molecular complexity index is 645. The monoisotopic (exact) mass is 287 g/mol. The second-order valence-corrected chi connectivity index (χ2v) is 5.83. The van der Waals surface area contributed by atoms with Crippen molar-refractivity contribution in [3.63, 3.8) is 0 Å². The van der Waals surface area contributed by atoms with Gasteiger partial charge in [0.05, 0.1) is 0 Å². The van der Waals surface area contributed by atoms with Crippen LogP contribution in [0.4, 0.5) is 4.39 Å². The molecule has 0 aliphatic carbocycles. The van der Waals surface area contributed by atoms with Crippen LogP contribution in [0.3, 0.4) is 0 Å². The van der Waals surface area contributed by atoms with E-state index in [1.807, 2.05) is 19.1 Å². The number of aryl methyl sites for hydroxylation is 1. The van der Waals surface area contributed by atoms with Crippen LogP contribution in [0.15, 0.2) is 24.3 Å². The molecule has 1 atom stereocenters. The topological polar surface area (TPSA) is 32.3 Å². The van der Waals surface area contributed by atoms with Crippen LogP contribution >= 0.6 is 0 Å². The predicted molar refractivity (Wildman–Crippen MR) is 84.2 cm³/mol. The Kier molecular flexibility index (Phi) is 4.11. The fourth-order valence-electron chi connectivity index (χ4n) is 3.45. The first-order chi connectivity index (χ1) is 10.2. The van der Waals surface area contributed by atoms with Gasteiger partial charge >= 0.3 is 0 Å². The highest BCUT2D eigenvalue weighted by Crippen LogP contribution is 2.37. The molecular formula is C18H22FNO. The van der Waals surface area contributed by atoms with Crippen LogP contribution in [0.25, 0.3) is 10.8 Å². The number of phenols is 1. The molecule has 0 spiro atoms. The average molecular weight is 287 g/mol. The summed E-state index contributed by atoms with van der Waals surface area (Å²) in [6.07, 6.45) is 5.24. The molecule has 1 unspecified atom stereocenters. The molecule has 21 heavy (non-hydrogen) atoms. The van der Waals surface area contributed by atoms with E-state index in [9.17, 15) is 9.50 Å².